The van der Waals surface area contributed by atoms with Gasteiger partial charge in [0.05, 0.1) is 11.3 Å². The van der Waals surface area contributed by atoms with Gasteiger partial charge in [0, 0.05) is 23.7 Å². The maximum Gasteiger partial charge on any atom is 0.272 e. The topological polar surface area (TPSA) is 117 Å². The van der Waals surface area contributed by atoms with Crippen LogP contribution in [0.1, 0.15) is 26.5 Å². The molecule has 0 saturated carbocycles. The van der Waals surface area contributed by atoms with Gasteiger partial charge in [0.15, 0.2) is 0 Å². The van der Waals surface area contributed by atoms with Crippen LogP contribution in [-0.4, -0.2) is 26.8 Å². The van der Waals surface area contributed by atoms with Crippen molar-refractivity contribution in [2.24, 2.45) is 5.73 Å². The number of hydrogen-bond acceptors (Lipinski definition) is 3. The van der Waals surface area contributed by atoms with Crippen LogP contribution < -0.4 is 11.1 Å². The van der Waals surface area contributed by atoms with E-state index in [-0.39, 0.29) is 17.2 Å². The van der Waals surface area contributed by atoms with Crippen molar-refractivity contribution in [3.05, 3.63) is 59.7 Å². The fourth-order valence-electron chi connectivity index (χ4n) is 2.21. The van der Waals surface area contributed by atoms with Gasteiger partial charge < -0.3 is 21.0 Å². The van der Waals surface area contributed by atoms with E-state index < -0.39 is 5.91 Å². The number of nitrogens with two attached hydrogens (primary N) is 1. The van der Waals surface area contributed by atoms with E-state index in [1.807, 2.05) is 25.1 Å². The van der Waals surface area contributed by atoms with Gasteiger partial charge >= 0.3 is 0 Å². The van der Waals surface area contributed by atoms with Gasteiger partial charge in [-0.05, 0) is 25.1 Å². The molecule has 116 valence electrons. The molecule has 0 spiro atoms. The molecule has 5 N–H and O–H groups in total. The number of H-pyrrole nitrogens is 2. The number of carbonyl (C=O) groups is 2. The van der Waals surface area contributed by atoms with Gasteiger partial charge in [0.25, 0.3) is 5.91 Å². The van der Waals surface area contributed by atoms with Gasteiger partial charge in [0.1, 0.15) is 11.5 Å². The monoisotopic (exact) mass is 309 g/mol. The predicted molar refractivity (Wildman–Crippen MR) is 86.0 cm³/mol. The second kappa shape index (κ2) is 5.80. The number of nitrogens with one attached hydrogen (secondary N) is 3. The van der Waals surface area contributed by atoms with E-state index >= 15 is 0 Å². The molecule has 0 aliphatic rings. The number of nitrogens with zero attached hydrogens (tertiary/aromatic N) is 1. The van der Waals surface area contributed by atoms with Crippen LogP contribution in [0.3, 0.4) is 0 Å². The van der Waals surface area contributed by atoms with E-state index in [1.165, 1.54) is 12.3 Å². The predicted octanol–water partition coefficient (Wildman–Crippen LogP) is 2.06. The number of imidazole rings is 1. The van der Waals surface area contributed by atoms with Gasteiger partial charge in [-0.3, -0.25) is 9.59 Å². The summed E-state index contributed by atoms with van der Waals surface area (Å²) in [6.07, 6.45) is 3.12. The minimum Gasteiger partial charge on any atom is -0.366 e. The Kier molecular flexibility index (Phi) is 3.68. The number of hydrogen-bond donors (Lipinski definition) is 4. The fourth-order valence-corrected chi connectivity index (χ4v) is 2.21. The number of para-hydroxylation sites is 1. The highest BCUT2D eigenvalue weighted by Crippen LogP contribution is 2.25. The summed E-state index contributed by atoms with van der Waals surface area (Å²) in [4.78, 5) is 33.6. The Hall–Kier alpha value is -3.35. The Morgan fingerprint density at radius 1 is 1.26 bits per heavy atom. The van der Waals surface area contributed by atoms with Crippen molar-refractivity contribution in [1.29, 1.82) is 0 Å². The van der Waals surface area contributed by atoms with E-state index in [9.17, 15) is 9.59 Å². The van der Waals surface area contributed by atoms with E-state index in [1.54, 1.807) is 12.3 Å². The molecule has 2 amide bonds. The number of aromatic amines is 2. The molecular formula is C16H15N5O2. The molecule has 0 atom stereocenters. The summed E-state index contributed by atoms with van der Waals surface area (Å²) in [7, 11) is 0. The number of aromatic nitrogens is 3. The lowest BCUT2D eigenvalue weighted by Crippen LogP contribution is -2.13. The summed E-state index contributed by atoms with van der Waals surface area (Å²) < 4.78 is 0. The maximum absolute atomic E-state index is 12.3. The Labute approximate surface area is 131 Å². The van der Waals surface area contributed by atoms with Gasteiger partial charge in [-0.25, -0.2) is 4.98 Å². The summed E-state index contributed by atoms with van der Waals surface area (Å²) in [5.74, 6) is -0.289. The highest BCUT2D eigenvalue weighted by atomic mass is 16.2. The lowest BCUT2D eigenvalue weighted by molar-refractivity contribution is 0.0999. The minimum absolute atomic E-state index is 0.254. The van der Waals surface area contributed by atoms with E-state index in [0.29, 0.717) is 11.5 Å². The van der Waals surface area contributed by atoms with Crippen molar-refractivity contribution in [2.75, 3.05) is 5.32 Å². The molecule has 7 heteroatoms. The first-order valence-electron chi connectivity index (χ1n) is 6.95. The third-order valence-corrected chi connectivity index (χ3v) is 3.35. The second-order valence-corrected chi connectivity index (χ2v) is 5.08. The van der Waals surface area contributed by atoms with Crippen LogP contribution >= 0.6 is 0 Å². The van der Waals surface area contributed by atoms with Crippen LogP contribution in [0.25, 0.3) is 11.4 Å². The molecule has 0 aliphatic carbocycles. The highest BCUT2D eigenvalue weighted by Gasteiger charge is 2.14. The second-order valence-electron chi connectivity index (χ2n) is 5.08. The van der Waals surface area contributed by atoms with Crippen LogP contribution in [0.2, 0.25) is 0 Å². The molecule has 1 aromatic carbocycles. The molecule has 0 aliphatic heterocycles. The molecule has 0 unspecified atom stereocenters. The van der Waals surface area contributed by atoms with Crippen LogP contribution in [0, 0.1) is 6.92 Å². The van der Waals surface area contributed by atoms with Crippen LogP contribution in [-0.2, 0) is 0 Å². The Balaban J connectivity index is 1.88. The Morgan fingerprint density at radius 3 is 2.70 bits per heavy atom. The molecular weight excluding hydrogens is 294 g/mol. The summed E-state index contributed by atoms with van der Waals surface area (Å²) in [6.45, 7) is 1.90. The normalized spacial score (nSPS) is 10.5. The zero-order valence-electron chi connectivity index (χ0n) is 12.4. The van der Waals surface area contributed by atoms with E-state index in [4.69, 9.17) is 5.73 Å². The Morgan fingerprint density at radius 2 is 2.04 bits per heavy atom. The molecule has 0 fully saturated rings. The number of carbonyl (C=O) groups excluding carboxylic acids is 2. The largest absolute Gasteiger partial charge is 0.366 e. The van der Waals surface area contributed by atoms with Gasteiger partial charge in [-0.2, -0.15) is 0 Å². The summed E-state index contributed by atoms with van der Waals surface area (Å²) in [6, 6.07) is 8.74. The quantitative estimate of drug-likeness (QED) is 0.591. The van der Waals surface area contributed by atoms with E-state index in [0.717, 1.165) is 11.3 Å². The third-order valence-electron chi connectivity index (χ3n) is 3.35. The first kappa shape index (κ1) is 14.6. The molecule has 3 aromatic rings. The zero-order valence-corrected chi connectivity index (χ0v) is 12.4. The molecule has 2 aromatic heterocycles. The molecule has 7 nitrogen and oxygen atoms in total. The average molecular weight is 309 g/mol. The van der Waals surface area contributed by atoms with Crippen molar-refractivity contribution in [1.82, 2.24) is 15.0 Å². The number of amides is 2. The number of aryl methyl sites for hydroxylation is 1. The van der Waals surface area contributed by atoms with Gasteiger partial charge in [-0.15, -0.1) is 0 Å². The Bertz CT molecular complexity index is 878. The molecule has 0 bridgehead atoms. The smallest absolute Gasteiger partial charge is 0.272 e. The zero-order chi connectivity index (χ0) is 16.4. The summed E-state index contributed by atoms with van der Waals surface area (Å²) in [5, 5.41) is 2.80. The van der Waals surface area contributed by atoms with Crippen molar-refractivity contribution >= 4 is 17.5 Å². The fraction of sp³-hybridized carbons (Fsp3) is 0.0625. The number of primary amides is 1. The minimum atomic E-state index is -0.591. The maximum atomic E-state index is 12.3. The first-order chi connectivity index (χ1) is 11.0. The lowest BCUT2D eigenvalue weighted by atomic mass is 10.1. The number of anilines is 1. The van der Waals surface area contributed by atoms with Crippen molar-refractivity contribution in [3.8, 4) is 11.4 Å². The molecule has 0 radical (unpaired) electrons. The molecule has 0 saturated heterocycles. The number of benzene rings is 1. The highest BCUT2D eigenvalue weighted by molar-refractivity contribution is 6.06. The lowest BCUT2D eigenvalue weighted by Gasteiger charge is -2.08. The molecule has 3 rings (SSSR count). The summed E-state index contributed by atoms with van der Waals surface area (Å²) in [5.41, 5.74) is 8.00. The average Bonchev–Trinajstić information content (AvgIpc) is 3.17. The SMILES string of the molecule is Cc1cnc(-c2ccccc2NC(=O)c2cc(C(N)=O)c[nH]2)[nH]1. The van der Waals surface area contributed by atoms with Crippen molar-refractivity contribution < 1.29 is 9.59 Å². The van der Waals surface area contributed by atoms with Crippen molar-refractivity contribution in [2.45, 2.75) is 6.92 Å². The summed E-state index contributed by atoms with van der Waals surface area (Å²) >= 11 is 0. The number of rotatable bonds is 4. The molecule has 2 heterocycles. The molecule has 23 heavy (non-hydrogen) atoms. The van der Waals surface area contributed by atoms with Crippen LogP contribution in [0.15, 0.2) is 42.7 Å². The van der Waals surface area contributed by atoms with E-state index in [2.05, 4.69) is 20.3 Å². The standard InChI is InChI=1S/C16H15N5O2/c1-9-7-19-15(20-9)11-4-2-3-5-12(11)21-16(23)13-6-10(8-18-13)14(17)22/h2-8,18H,1H3,(H2,17,22)(H,19,20)(H,21,23). The van der Waals surface area contributed by atoms with Crippen LogP contribution in [0.5, 0.6) is 0 Å². The van der Waals surface area contributed by atoms with Gasteiger partial charge in [-0.1, -0.05) is 12.1 Å². The first-order valence-corrected chi connectivity index (χ1v) is 6.95. The van der Waals surface area contributed by atoms with Crippen LogP contribution in [0.4, 0.5) is 5.69 Å². The third kappa shape index (κ3) is 2.98. The van der Waals surface area contributed by atoms with Crippen molar-refractivity contribution in [3.63, 3.8) is 0 Å². The van der Waals surface area contributed by atoms with Gasteiger partial charge in [0.2, 0.25) is 5.91 Å².